The Labute approximate surface area is 181 Å². The normalized spacial score (nSPS) is 17.4. The van der Waals surface area contributed by atoms with Gasteiger partial charge in [-0.25, -0.2) is 0 Å². The summed E-state index contributed by atoms with van der Waals surface area (Å²) in [6, 6.07) is 14.6. The summed E-state index contributed by atoms with van der Waals surface area (Å²) in [5, 5.41) is 15.1. The van der Waals surface area contributed by atoms with Crippen molar-refractivity contribution in [3.8, 4) is 0 Å². The molecule has 30 heavy (non-hydrogen) atoms. The number of nitrogens with one attached hydrogen (secondary N) is 1. The summed E-state index contributed by atoms with van der Waals surface area (Å²) < 4.78 is 2.27. The predicted octanol–water partition coefficient (Wildman–Crippen LogP) is 4.73. The van der Waals surface area contributed by atoms with E-state index in [1.807, 2.05) is 30.3 Å². The van der Waals surface area contributed by atoms with E-state index >= 15 is 0 Å². The Kier molecular flexibility index (Phi) is 5.37. The van der Waals surface area contributed by atoms with Crippen LogP contribution in [0, 0.1) is 5.92 Å². The second-order valence-electron chi connectivity index (χ2n) is 8.45. The Morgan fingerprint density at radius 2 is 1.83 bits per heavy atom. The summed E-state index contributed by atoms with van der Waals surface area (Å²) in [5.41, 5.74) is 0.825. The van der Waals surface area contributed by atoms with Crippen LogP contribution in [0.2, 0.25) is 0 Å². The number of benzene rings is 2. The third-order valence-corrected chi connectivity index (χ3v) is 6.93. The third kappa shape index (κ3) is 4.17. The van der Waals surface area contributed by atoms with Gasteiger partial charge in [-0.15, -0.1) is 10.2 Å². The number of nitrogens with zero attached hydrogens (tertiary/aromatic N) is 4. The summed E-state index contributed by atoms with van der Waals surface area (Å²) in [6.45, 7) is 4.40. The van der Waals surface area contributed by atoms with Crippen LogP contribution in [0.4, 0.5) is 11.6 Å². The maximum absolute atomic E-state index is 12.6. The summed E-state index contributed by atoms with van der Waals surface area (Å²) in [7, 11) is 0. The molecule has 1 aliphatic heterocycles. The van der Waals surface area contributed by atoms with Gasteiger partial charge in [-0.05, 0) is 54.5 Å². The van der Waals surface area contributed by atoms with Crippen LogP contribution < -0.4 is 10.2 Å². The van der Waals surface area contributed by atoms with Crippen molar-refractivity contribution < 1.29 is 4.79 Å². The molecule has 1 saturated carbocycles. The third-order valence-electron chi connectivity index (χ3n) is 5.99. The van der Waals surface area contributed by atoms with Gasteiger partial charge in [0.1, 0.15) is 0 Å². The molecule has 1 amide bonds. The molecule has 7 heteroatoms. The number of hydrogen-bond donors (Lipinski definition) is 1. The molecule has 156 valence electrons. The average molecular weight is 422 g/mol. The van der Waals surface area contributed by atoms with E-state index in [4.69, 9.17) is 0 Å². The highest BCUT2D eigenvalue weighted by Crippen LogP contribution is 2.41. The van der Waals surface area contributed by atoms with Gasteiger partial charge in [0.25, 0.3) is 0 Å². The first-order valence-electron chi connectivity index (χ1n) is 10.8. The van der Waals surface area contributed by atoms with Crippen molar-refractivity contribution in [2.45, 2.75) is 43.8 Å². The smallest absolute Gasteiger partial charge is 0.234 e. The second-order valence-corrected chi connectivity index (χ2v) is 9.39. The molecule has 0 spiro atoms. The lowest BCUT2D eigenvalue weighted by atomic mass is 10.00. The highest BCUT2D eigenvalue weighted by atomic mass is 32.2. The van der Waals surface area contributed by atoms with Crippen molar-refractivity contribution in [2.24, 2.45) is 5.92 Å². The fraction of sp³-hybridized carbons (Fsp3) is 0.435. The van der Waals surface area contributed by atoms with Gasteiger partial charge in [0.15, 0.2) is 5.16 Å². The minimum Gasteiger partial charge on any atom is -0.341 e. The fourth-order valence-electron chi connectivity index (χ4n) is 4.04. The second kappa shape index (κ2) is 8.30. The molecule has 0 radical (unpaired) electrons. The summed E-state index contributed by atoms with van der Waals surface area (Å²) in [6.07, 6.45) is 4.75. The van der Waals surface area contributed by atoms with E-state index in [-0.39, 0.29) is 5.91 Å². The molecule has 0 bridgehead atoms. The van der Waals surface area contributed by atoms with Gasteiger partial charge in [0, 0.05) is 24.8 Å². The maximum Gasteiger partial charge on any atom is 0.234 e. The van der Waals surface area contributed by atoms with Crippen molar-refractivity contribution in [1.29, 1.82) is 0 Å². The Hall–Kier alpha value is -2.54. The lowest BCUT2D eigenvalue weighted by molar-refractivity contribution is -0.113. The monoisotopic (exact) mass is 421 g/mol. The van der Waals surface area contributed by atoms with Crippen LogP contribution in [0.3, 0.4) is 0 Å². The molecular weight excluding hydrogens is 394 g/mol. The van der Waals surface area contributed by atoms with E-state index in [1.165, 1.54) is 42.8 Å². The van der Waals surface area contributed by atoms with Gasteiger partial charge < -0.3 is 10.2 Å². The fourth-order valence-corrected chi connectivity index (χ4v) is 4.84. The Bertz CT molecular complexity index is 1050. The number of carbonyl (C=O) groups excluding carboxylic acids is 1. The number of piperidine rings is 1. The van der Waals surface area contributed by atoms with Gasteiger partial charge in [0.05, 0.1) is 5.75 Å². The topological polar surface area (TPSA) is 63.1 Å². The van der Waals surface area contributed by atoms with E-state index in [0.717, 1.165) is 41.2 Å². The highest BCUT2D eigenvalue weighted by molar-refractivity contribution is 7.99. The van der Waals surface area contributed by atoms with Crippen LogP contribution in [0.1, 0.15) is 38.6 Å². The van der Waals surface area contributed by atoms with Crippen LogP contribution in [0.25, 0.3) is 10.8 Å². The van der Waals surface area contributed by atoms with Crippen LogP contribution in [-0.4, -0.2) is 39.5 Å². The van der Waals surface area contributed by atoms with Gasteiger partial charge in [-0.3, -0.25) is 9.36 Å². The Morgan fingerprint density at radius 3 is 2.60 bits per heavy atom. The number of thioether (sulfide) groups is 1. The first kappa shape index (κ1) is 19.4. The molecule has 2 fully saturated rings. The van der Waals surface area contributed by atoms with E-state index in [0.29, 0.717) is 11.8 Å². The van der Waals surface area contributed by atoms with E-state index in [1.54, 1.807) is 0 Å². The minimum absolute atomic E-state index is 0.0195. The molecule has 2 aliphatic rings. The van der Waals surface area contributed by atoms with Gasteiger partial charge in [-0.2, -0.15) is 0 Å². The minimum atomic E-state index is -0.0195. The number of aromatic nitrogens is 3. The lowest BCUT2D eigenvalue weighted by Crippen LogP contribution is -2.34. The lowest BCUT2D eigenvalue weighted by Gasteiger charge is -2.31. The first-order valence-corrected chi connectivity index (χ1v) is 11.8. The van der Waals surface area contributed by atoms with Crippen molar-refractivity contribution in [3.63, 3.8) is 0 Å². The maximum atomic E-state index is 12.6. The molecule has 6 nitrogen and oxygen atoms in total. The zero-order chi connectivity index (χ0) is 20.5. The number of hydrogen-bond acceptors (Lipinski definition) is 5. The van der Waals surface area contributed by atoms with Gasteiger partial charge in [0.2, 0.25) is 11.9 Å². The predicted molar refractivity (Wildman–Crippen MR) is 122 cm³/mol. The van der Waals surface area contributed by atoms with Crippen LogP contribution in [0.5, 0.6) is 0 Å². The molecular formula is C23H27N5OS. The Morgan fingerprint density at radius 1 is 1.07 bits per heavy atom. The SMILES string of the molecule is CC1CCN(c2nnc(SCC(=O)Nc3ccc4ccccc4c3)n2C2CC2)CC1. The van der Waals surface area contributed by atoms with E-state index < -0.39 is 0 Å². The molecule has 1 aliphatic carbocycles. The number of amides is 1. The standard InChI is InChI=1S/C23H27N5OS/c1-16-10-12-27(13-11-16)22-25-26-23(28(22)20-8-9-20)30-15-21(29)24-19-7-6-17-4-2-3-5-18(17)14-19/h2-7,14,16,20H,8-13,15H2,1H3,(H,24,29). The van der Waals surface area contributed by atoms with Crippen LogP contribution in [0.15, 0.2) is 47.6 Å². The molecule has 5 rings (SSSR count). The Balaban J connectivity index is 1.25. The molecule has 2 aromatic carbocycles. The van der Waals surface area contributed by atoms with Crippen LogP contribution in [-0.2, 0) is 4.79 Å². The van der Waals surface area contributed by atoms with Crippen LogP contribution >= 0.6 is 11.8 Å². The molecule has 0 atom stereocenters. The van der Waals surface area contributed by atoms with Crippen molar-refractivity contribution >= 4 is 40.1 Å². The summed E-state index contributed by atoms with van der Waals surface area (Å²) in [4.78, 5) is 14.9. The quantitative estimate of drug-likeness (QED) is 0.583. The highest BCUT2D eigenvalue weighted by Gasteiger charge is 2.32. The van der Waals surface area contributed by atoms with Crippen molar-refractivity contribution in [1.82, 2.24) is 14.8 Å². The summed E-state index contributed by atoms with van der Waals surface area (Å²) >= 11 is 1.48. The molecule has 1 aromatic heterocycles. The number of carbonyl (C=O) groups is 1. The van der Waals surface area contributed by atoms with Crippen molar-refractivity contribution in [2.75, 3.05) is 29.1 Å². The number of anilines is 2. The van der Waals surface area contributed by atoms with E-state index in [2.05, 4.69) is 44.0 Å². The first-order chi connectivity index (χ1) is 14.7. The molecule has 2 heterocycles. The number of fused-ring (bicyclic) bond motifs is 1. The van der Waals surface area contributed by atoms with Crippen molar-refractivity contribution in [3.05, 3.63) is 42.5 Å². The zero-order valence-corrected chi connectivity index (χ0v) is 18.1. The summed E-state index contributed by atoms with van der Waals surface area (Å²) in [5.74, 6) is 2.08. The molecule has 0 unspecified atom stereocenters. The van der Waals surface area contributed by atoms with Gasteiger partial charge >= 0.3 is 0 Å². The van der Waals surface area contributed by atoms with E-state index in [9.17, 15) is 4.79 Å². The zero-order valence-electron chi connectivity index (χ0n) is 17.3. The molecule has 3 aromatic rings. The molecule has 1 saturated heterocycles. The van der Waals surface area contributed by atoms with Gasteiger partial charge in [-0.1, -0.05) is 49.0 Å². The number of rotatable bonds is 6. The average Bonchev–Trinajstić information content (AvgIpc) is 3.52. The molecule has 1 N–H and O–H groups in total. The largest absolute Gasteiger partial charge is 0.341 e.